The van der Waals surface area contributed by atoms with Crippen molar-refractivity contribution in [2.75, 3.05) is 5.32 Å². The van der Waals surface area contributed by atoms with E-state index in [1.54, 1.807) is 42.8 Å². The van der Waals surface area contributed by atoms with Crippen LogP contribution >= 0.6 is 0 Å². The second-order valence-electron chi connectivity index (χ2n) is 7.57. The molecule has 0 unspecified atom stereocenters. The van der Waals surface area contributed by atoms with E-state index < -0.39 is 11.7 Å². The smallest absolute Gasteiger partial charge is 0.278 e. The van der Waals surface area contributed by atoms with E-state index in [4.69, 9.17) is 9.26 Å². The predicted octanol–water partition coefficient (Wildman–Crippen LogP) is 4.95. The van der Waals surface area contributed by atoms with Crippen LogP contribution in [0, 0.1) is 32.4 Å². The quantitative estimate of drug-likeness (QED) is 0.429. The highest BCUT2D eigenvalue weighted by atomic mass is 19.1. The second kappa shape index (κ2) is 9.23. The van der Waals surface area contributed by atoms with Crippen LogP contribution < -0.4 is 10.1 Å². The lowest BCUT2D eigenvalue weighted by Gasteiger charge is -2.09. The molecule has 9 heteroatoms. The largest absolute Gasteiger partial charge is 0.486 e. The molecule has 4 aromatic rings. The fourth-order valence-electron chi connectivity index (χ4n) is 3.42. The number of hydrogen-bond acceptors (Lipinski definition) is 5. The molecule has 0 aliphatic heterocycles. The van der Waals surface area contributed by atoms with Crippen LogP contribution in [0.4, 0.5) is 14.5 Å². The number of carbonyl (C=O) groups is 1. The zero-order valence-electron chi connectivity index (χ0n) is 18.4. The molecule has 0 bridgehead atoms. The molecule has 0 atom stereocenters. The Morgan fingerprint density at radius 1 is 1.09 bits per heavy atom. The topological polar surface area (TPSA) is 82.2 Å². The van der Waals surface area contributed by atoms with Gasteiger partial charge in [-0.2, -0.15) is 5.10 Å². The van der Waals surface area contributed by atoms with Gasteiger partial charge in [0.05, 0.1) is 29.2 Å². The first-order valence-electron chi connectivity index (χ1n) is 10.3. The van der Waals surface area contributed by atoms with Gasteiger partial charge in [-0.3, -0.25) is 9.48 Å². The molecule has 0 saturated carbocycles. The van der Waals surface area contributed by atoms with Gasteiger partial charge < -0.3 is 14.6 Å². The van der Waals surface area contributed by atoms with Crippen molar-refractivity contribution >= 4 is 11.6 Å². The monoisotopic (exact) mass is 452 g/mol. The predicted molar refractivity (Wildman–Crippen MR) is 117 cm³/mol. The van der Waals surface area contributed by atoms with E-state index in [2.05, 4.69) is 15.6 Å². The summed E-state index contributed by atoms with van der Waals surface area (Å²) in [6, 6.07) is 12.2. The first-order valence-corrected chi connectivity index (χ1v) is 10.3. The maximum Gasteiger partial charge on any atom is 0.278 e. The Balaban J connectivity index is 1.51. The van der Waals surface area contributed by atoms with Crippen molar-refractivity contribution in [3.8, 4) is 5.75 Å². The van der Waals surface area contributed by atoms with Crippen LogP contribution in [0.3, 0.4) is 0 Å². The summed E-state index contributed by atoms with van der Waals surface area (Å²) in [6.07, 6.45) is 0. The highest BCUT2D eigenvalue weighted by Crippen LogP contribution is 2.24. The summed E-state index contributed by atoms with van der Waals surface area (Å²) in [7, 11) is 0. The molecule has 0 radical (unpaired) electrons. The van der Waals surface area contributed by atoms with Crippen molar-refractivity contribution in [1.29, 1.82) is 0 Å². The lowest BCUT2D eigenvalue weighted by Crippen LogP contribution is -2.16. The summed E-state index contributed by atoms with van der Waals surface area (Å²) in [5, 5.41) is 11.2. The number of benzene rings is 2. The molecule has 33 heavy (non-hydrogen) atoms. The van der Waals surface area contributed by atoms with Crippen LogP contribution in [0.1, 0.15) is 38.8 Å². The van der Waals surface area contributed by atoms with E-state index in [0.717, 1.165) is 11.3 Å². The minimum Gasteiger partial charge on any atom is -0.486 e. The maximum atomic E-state index is 13.9. The Hall–Kier alpha value is -4.01. The molecule has 0 spiro atoms. The number of nitrogens with zero attached hydrogens (tertiary/aromatic N) is 3. The summed E-state index contributed by atoms with van der Waals surface area (Å²) in [4.78, 5) is 13.0. The minimum atomic E-state index is -0.502. The van der Waals surface area contributed by atoms with Crippen LogP contribution in [-0.4, -0.2) is 20.8 Å². The fourth-order valence-corrected chi connectivity index (χ4v) is 3.42. The normalized spacial score (nSPS) is 10.9. The first kappa shape index (κ1) is 22.2. The van der Waals surface area contributed by atoms with E-state index in [9.17, 15) is 13.6 Å². The Morgan fingerprint density at radius 2 is 1.82 bits per heavy atom. The van der Waals surface area contributed by atoms with Crippen molar-refractivity contribution < 1.29 is 22.8 Å². The molecule has 170 valence electrons. The molecular weight excluding hydrogens is 430 g/mol. The zero-order valence-corrected chi connectivity index (χ0v) is 18.4. The third kappa shape index (κ3) is 4.77. The molecular formula is C24H22F2N4O3. The van der Waals surface area contributed by atoms with Crippen LogP contribution in [0.5, 0.6) is 5.75 Å². The molecule has 2 aromatic heterocycles. The van der Waals surface area contributed by atoms with Gasteiger partial charge in [-0.25, -0.2) is 8.78 Å². The van der Waals surface area contributed by atoms with E-state index in [1.165, 1.54) is 24.3 Å². The molecule has 0 aliphatic carbocycles. The summed E-state index contributed by atoms with van der Waals surface area (Å²) < 4.78 is 39.5. The van der Waals surface area contributed by atoms with Gasteiger partial charge in [-0.15, -0.1) is 0 Å². The molecule has 7 nitrogen and oxygen atoms in total. The number of anilines is 1. The SMILES string of the molecule is Cc1nn(Cc2ccc(F)cc2)c(C)c1NC(=O)c1noc(C)c1COc1ccccc1F. The highest BCUT2D eigenvalue weighted by Gasteiger charge is 2.23. The van der Waals surface area contributed by atoms with Crippen LogP contribution in [0.25, 0.3) is 0 Å². The number of aryl methyl sites for hydroxylation is 2. The average molecular weight is 452 g/mol. The molecule has 1 N–H and O–H groups in total. The van der Waals surface area contributed by atoms with Gasteiger partial charge in [0.25, 0.3) is 5.91 Å². The van der Waals surface area contributed by atoms with Crippen molar-refractivity contribution in [3.63, 3.8) is 0 Å². The lowest BCUT2D eigenvalue weighted by molar-refractivity contribution is 0.101. The van der Waals surface area contributed by atoms with Crippen molar-refractivity contribution in [1.82, 2.24) is 14.9 Å². The number of amides is 1. The number of aromatic nitrogens is 3. The maximum absolute atomic E-state index is 13.9. The Bertz CT molecular complexity index is 1300. The molecule has 2 aromatic carbocycles. The fraction of sp³-hybridized carbons (Fsp3) is 0.208. The molecule has 2 heterocycles. The highest BCUT2D eigenvalue weighted by molar-refractivity contribution is 6.04. The number of nitrogens with one attached hydrogen (secondary N) is 1. The van der Waals surface area contributed by atoms with E-state index in [0.29, 0.717) is 29.2 Å². The third-order valence-corrected chi connectivity index (χ3v) is 5.27. The van der Waals surface area contributed by atoms with Gasteiger partial charge in [0.2, 0.25) is 0 Å². The van der Waals surface area contributed by atoms with Crippen molar-refractivity contribution in [2.24, 2.45) is 0 Å². The summed E-state index contributed by atoms with van der Waals surface area (Å²) in [6.45, 7) is 5.60. The number of hydrogen-bond donors (Lipinski definition) is 1. The summed E-state index contributed by atoms with van der Waals surface area (Å²) in [5.74, 6) is -0.836. The Labute approximate surface area is 189 Å². The number of rotatable bonds is 7. The minimum absolute atomic E-state index is 0.0499. The van der Waals surface area contributed by atoms with Crippen molar-refractivity contribution in [3.05, 3.63) is 94.1 Å². The van der Waals surface area contributed by atoms with Crippen LogP contribution in [0.15, 0.2) is 53.1 Å². The van der Waals surface area contributed by atoms with Crippen molar-refractivity contribution in [2.45, 2.75) is 33.9 Å². The molecule has 0 saturated heterocycles. The van der Waals surface area contributed by atoms with Gasteiger partial charge in [-0.05, 0) is 50.6 Å². The number of para-hydroxylation sites is 1. The van der Waals surface area contributed by atoms with E-state index >= 15 is 0 Å². The summed E-state index contributed by atoms with van der Waals surface area (Å²) >= 11 is 0. The van der Waals surface area contributed by atoms with Crippen LogP contribution in [0.2, 0.25) is 0 Å². The van der Waals surface area contributed by atoms with E-state index in [1.807, 2.05) is 6.92 Å². The van der Waals surface area contributed by atoms with Gasteiger partial charge in [0, 0.05) is 0 Å². The zero-order chi connectivity index (χ0) is 23.5. The molecule has 1 amide bonds. The standard InChI is InChI=1S/C24H22F2N4O3/c1-14-22(15(2)30(28-14)12-17-8-10-18(25)11-9-17)27-24(31)23-19(16(3)33-29-23)13-32-21-7-5-4-6-20(21)26/h4-11H,12-13H2,1-3H3,(H,27,31). The van der Waals surface area contributed by atoms with Gasteiger partial charge >= 0.3 is 0 Å². The number of halogens is 2. The molecule has 0 fully saturated rings. The Kier molecular flexibility index (Phi) is 6.21. The molecule has 4 rings (SSSR count). The van der Waals surface area contributed by atoms with E-state index in [-0.39, 0.29) is 23.9 Å². The number of carbonyl (C=O) groups excluding carboxylic acids is 1. The molecule has 0 aliphatic rings. The first-order chi connectivity index (χ1) is 15.8. The Morgan fingerprint density at radius 3 is 2.55 bits per heavy atom. The number of ether oxygens (including phenoxy) is 1. The average Bonchev–Trinajstić information content (AvgIpc) is 3.29. The second-order valence-corrected chi connectivity index (χ2v) is 7.57. The van der Waals surface area contributed by atoms with Gasteiger partial charge in [0.15, 0.2) is 17.3 Å². The third-order valence-electron chi connectivity index (χ3n) is 5.27. The lowest BCUT2D eigenvalue weighted by atomic mass is 10.2. The van der Waals surface area contributed by atoms with Gasteiger partial charge in [-0.1, -0.05) is 29.4 Å². The van der Waals surface area contributed by atoms with Gasteiger partial charge in [0.1, 0.15) is 18.2 Å². The summed E-state index contributed by atoms with van der Waals surface area (Å²) in [5.41, 5.74) is 3.24. The van der Waals surface area contributed by atoms with Crippen LogP contribution in [-0.2, 0) is 13.2 Å².